The van der Waals surface area contributed by atoms with Crippen LogP contribution in [0.25, 0.3) is 0 Å². The van der Waals surface area contributed by atoms with Gasteiger partial charge in [-0.2, -0.15) is 5.26 Å². The standard InChI is InChI=1S/C26H33N3/c1-16(2)22-13-10-14-23(17(3)4)26(22)29-21(8)24(15-27)20(7)28-25-18(5)11-9-12-19(25)6/h9-14,16-17,29H,1-8H3/b24-21-,28-20?. The Morgan fingerprint density at radius 2 is 1.38 bits per heavy atom. The third-order valence-electron chi connectivity index (χ3n) is 5.25. The van der Waals surface area contributed by atoms with Crippen molar-refractivity contribution in [1.29, 1.82) is 5.26 Å². The summed E-state index contributed by atoms with van der Waals surface area (Å²) in [6.45, 7) is 16.8. The van der Waals surface area contributed by atoms with Crippen LogP contribution in [0, 0.1) is 25.2 Å². The van der Waals surface area contributed by atoms with Crippen molar-refractivity contribution in [2.24, 2.45) is 4.99 Å². The quantitative estimate of drug-likeness (QED) is 0.411. The predicted molar refractivity (Wildman–Crippen MR) is 125 cm³/mol. The van der Waals surface area contributed by atoms with Gasteiger partial charge in [0.15, 0.2) is 0 Å². The van der Waals surface area contributed by atoms with E-state index in [2.05, 4.69) is 57.3 Å². The van der Waals surface area contributed by atoms with Gasteiger partial charge < -0.3 is 5.32 Å². The molecule has 29 heavy (non-hydrogen) atoms. The Morgan fingerprint density at radius 1 is 0.897 bits per heavy atom. The van der Waals surface area contributed by atoms with Gasteiger partial charge in [0.2, 0.25) is 0 Å². The zero-order valence-corrected chi connectivity index (χ0v) is 19.0. The van der Waals surface area contributed by atoms with Crippen molar-refractivity contribution in [2.75, 3.05) is 5.32 Å². The highest BCUT2D eigenvalue weighted by Crippen LogP contribution is 2.34. The van der Waals surface area contributed by atoms with Gasteiger partial charge in [0.1, 0.15) is 6.07 Å². The molecule has 0 spiro atoms. The molecule has 2 rings (SSSR count). The van der Waals surface area contributed by atoms with Crippen molar-refractivity contribution < 1.29 is 0 Å². The van der Waals surface area contributed by atoms with Crippen molar-refractivity contribution in [2.45, 2.75) is 67.2 Å². The number of aliphatic imine (C=N–C) groups is 1. The second-order valence-corrected chi connectivity index (χ2v) is 8.30. The molecule has 0 aliphatic heterocycles. The van der Waals surface area contributed by atoms with E-state index in [1.165, 1.54) is 11.1 Å². The van der Waals surface area contributed by atoms with Gasteiger partial charge in [-0.15, -0.1) is 0 Å². The first-order valence-electron chi connectivity index (χ1n) is 10.3. The van der Waals surface area contributed by atoms with E-state index in [0.29, 0.717) is 17.4 Å². The molecule has 1 N–H and O–H groups in total. The van der Waals surface area contributed by atoms with Gasteiger partial charge in [-0.05, 0) is 61.8 Å². The molecule has 0 radical (unpaired) electrons. The lowest BCUT2D eigenvalue weighted by Crippen LogP contribution is -2.10. The minimum absolute atomic E-state index is 0.388. The number of nitriles is 1. The average Bonchev–Trinajstić information content (AvgIpc) is 2.65. The van der Waals surface area contributed by atoms with E-state index in [1.807, 2.05) is 45.9 Å². The van der Waals surface area contributed by atoms with Crippen LogP contribution in [-0.4, -0.2) is 5.71 Å². The lowest BCUT2D eigenvalue weighted by molar-refractivity contribution is 0.837. The first kappa shape index (κ1) is 22.4. The zero-order valence-electron chi connectivity index (χ0n) is 19.0. The zero-order chi connectivity index (χ0) is 21.7. The summed E-state index contributed by atoms with van der Waals surface area (Å²) >= 11 is 0. The maximum Gasteiger partial charge on any atom is 0.103 e. The van der Waals surface area contributed by atoms with Crippen LogP contribution < -0.4 is 5.32 Å². The number of hydrogen-bond acceptors (Lipinski definition) is 3. The van der Waals surface area contributed by atoms with E-state index in [-0.39, 0.29) is 0 Å². The monoisotopic (exact) mass is 387 g/mol. The number of nitrogens with zero attached hydrogens (tertiary/aromatic N) is 2. The SMILES string of the molecule is CC(=Nc1c(C)cccc1C)/C(C#N)=C(/C)Nc1c(C(C)C)cccc1C(C)C. The molecule has 2 aromatic carbocycles. The Labute approximate surface area is 176 Å². The van der Waals surface area contributed by atoms with Crippen LogP contribution in [0.2, 0.25) is 0 Å². The topological polar surface area (TPSA) is 48.2 Å². The number of anilines is 1. The summed E-state index contributed by atoms with van der Waals surface area (Å²) < 4.78 is 0. The van der Waals surface area contributed by atoms with E-state index >= 15 is 0 Å². The van der Waals surface area contributed by atoms with Crippen LogP contribution in [0.5, 0.6) is 0 Å². The molecule has 152 valence electrons. The lowest BCUT2D eigenvalue weighted by atomic mass is 9.92. The summed E-state index contributed by atoms with van der Waals surface area (Å²) in [7, 11) is 0. The third-order valence-corrected chi connectivity index (χ3v) is 5.25. The number of hydrogen-bond donors (Lipinski definition) is 1. The Balaban J connectivity index is 2.55. The summed E-state index contributed by atoms with van der Waals surface area (Å²) in [5, 5.41) is 13.5. The number of para-hydroxylation sites is 2. The van der Waals surface area contributed by atoms with Crippen LogP contribution in [0.4, 0.5) is 11.4 Å². The molecule has 0 heterocycles. The number of allylic oxidation sites excluding steroid dienone is 2. The van der Waals surface area contributed by atoms with Crippen molar-refractivity contribution in [3.05, 3.63) is 69.9 Å². The van der Waals surface area contributed by atoms with E-state index in [0.717, 1.165) is 33.9 Å². The van der Waals surface area contributed by atoms with Crippen LogP contribution >= 0.6 is 0 Å². The highest BCUT2D eigenvalue weighted by molar-refractivity contribution is 6.04. The van der Waals surface area contributed by atoms with Gasteiger partial charge in [0.05, 0.1) is 17.0 Å². The molecule has 3 nitrogen and oxygen atoms in total. The van der Waals surface area contributed by atoms with Gasteiger partial charge in [0, 0.05) is 11.4 Å². The fourth-order valence-corrected chi connectivity index (χ4v) is 3.59. The maximum absolute atomic E-state index is 9.89. The fraction of sp³-hybridized carbons (Fsp3) is 0.385. The molecule has 0 amide bonds. The number of aryl methyl sites for hydroxylation is 2. The van der Waals surface area contributed by atoms with E-state index < -0.39 is 0 Å². The molecule has 0 bridgehead atoms. The molecule has 2 aromatic rings. The molecule has 0 saturated carbocycles. The van der Waals surface area contributed by atoms with Crippen LogP contribution in [0.1, 0.15) is 75.6 Å². The fourth-order valence-electron chi connectivity index (χ4n) is 3.59. The van der Waals surface area contributed by atoms with Crippen molar-refractivity contribution in [3.63, 3.8) is 0 Å². The maximum atomic E-state index is 9.89. The van der Waals surface area contributed by atoms with Crippen LogP contribution in [0.15, 0.2) is 52.7 Å². The van der Waals surface area contributed by atoms with Crippen LogP contribution in [-0.2, 0) is 0 Å². The predicted octanol–water partition coefficient (Wildman–Crippen LogP) is 7.55. The van der Waals surface area contributed by atoms with Crippen molar-refractivity contribution in [1.82, 2.24) is 0 Å². The highest BCUT2D eigenvalue weighted by Gasteiger charge is 2.16. The van der Waals surface area contributed by atoms with E-state index in [9.17, 15) is 5.26 Å². The van der Waals surface area contributed by atoms with E-state index in [1.54, 1.807) is 0 Å². The third kappa shape index (κ3) is 5.15. The van der Waals surface area contributed by atoms with Gasteiger partial charge in [0.25, 0.3) is 0 Å². The molecule has 0 atom stereocenters. The van der Waals surface area contributed by atoms with Crippen LogP contribution in [0.3, 0.4) is 0 Å². The Morgan fingerprint density at radius 3 is 1.83 bits per heavy atom. The first-order chi connectivity index (χ1) is 13.7. The Hall–Kier alpha value is -2.86. The first-order valence-corrected chi connectivity index (χ1v) is 10.3. The Kier molecular flexibility index (Phi) is 7.40. The van der Waals surface area contributed by atoms with Gasteiger partial charge >= 0.3 is 0 Å². The second kappa shape index (κ2) is 9.56. The summed E-state index contributed by atoms with van der Waals surface area (Å²) in [6.07, 6.45) is 0. The van der Waals surface area contributed by atoms with E-state index in [4.69, 9.17) is 4.99 Å². The summed E-state index contributed by atoms with van der Waals surface area (Å²) in [5.74, 6) is 0.776. The van der Waals surface area contributed by atoms with Crippen molar-refractivity contribution in [3.8, 4) is 6.07 Å². The minimum atomic E-state index is 0.388. The molecular formula is C26H33N3. The van der Waals surface area contributed by atoms with Gasteiger partial charge in [-0.1, -0.05) is 64.1 Å². The number of benzene rings is 2. The molecule has 0 aromatic heterocycles. The summed E-state index contributed by atoms with van der Waals surface area (Å²) in [4.78, 5) is 4.80. The molecule has 0 fully saturated rings. The largest absolute Gasteiger partial charge is 0.358 e. The van der Waals surface area contributed by atoms with Gasteiger partial charge in [-0.3, -0.25) is 4.99 Å². The van der Waals surface area contributed by atoms with Gasteiger partial charge in [-0.25, -0.2) is 0 Å². The lowest BCUT2D eigenvalue weighted by Gasteiger charge is -2.22. The average molecular weight is 388 g/mol. The second-order valence-electron chi connectivity index (χ2n) is 8.30. The van der Waals surface area contributed by atoms with Crippen molar-refractivity contribution >= 4 is 17.1 Å². The molecule has 0 aliphatic rings. The summed E-state index contributed by atoms with van der Waals surface area (Å²) in [6, 6.07) is 14.9. The summed E-state index contributed by atoms with van der Waals surface area (Å²) in [5.41, 5.74) is 8.94. The number of nitrogens with one attached hydrogen (secondary N) is 1. The Bertz CT molecular complexity index is 939. The molecule has 0 saturated heterocycles. The smallest absolute Gasteiger partial charge is 0.103 e. The highest BCUT2D eigenvalue weighted by atomic mass is 14.9. The molecule has 3 heteroatoms. The normalized spacial score (nSPS) is 12.8. The molecule has 0 unspecified atom stereocenters. The number of rotatable bonds is 6. The molecular weight excluding hydrogens is 354 g/mol. The molecule has 0 aliphatic carbocycles. The minimum Gasteiger partial charge on any atom is -0.358 e.